The van der Waals surface area contributed by atoms with E-state index in [1.54, 1.807) is 59.2 Å². The number of ketones is 3. The molecular weight excluding hydrogens is 1810 g/mol. The summed E-state index contributed by atoms with van der Waals surface area (Å²) < 4.78 is 17.5. The Morgan fingerprint density at radius 1 is 0.779 bits per heavy atom. The highest BCUT2D eigenvalue weighted by Crippen LogP contribution is 2.68. The lowest BCUT2D eigenvalue weighted by atomic mass is 9.46. The van der Waals surface area contributed by atoms with Gasteiger partial charge < -0.3 is 82.8 Å². The number of benzene rings is 3. The van der Waals surface area contributed by atoms with Crippen LogP contribution in [-0.4, -0.2) is 266 Å². The fourth-order valence-corrected chi connectivity index (χ4v) is 20.5. The van der Waals surface area contributed by atoms with Crippen molar-refractivity contribution in [1.29, 1.82) is 0 Å². The van der Waals surface area contributed by atoms with Crippen LogP contribution in [0.15, 0.2) is 89.8 Å². The van der Waals surface area contributed by atoms with Gasteiger partial charge in [-0.15, -0.1) is 13.2 Å². The van der Waals surface area contributed by atoms with Crippen molar-refractivity contribution >= 4 is 151 Å². The van der Waals surface area contributed by atoms with E-state index in [1.807, 2.05) is 43.0 Å². The molecule has 7 heterocycles. The van der Waals surface area contributed by atoms with E-state index in [4.69, 9.17) is 79.4 Å². The number of nitrogens with zero attached hydrogens (tertiary/aromatic N) is 7. The van der Waals surface area contributed by atoms with Gasteiger partial charge in [-0.25, -0.2) is 20.2 Å². The monoisotopic (exact) mass is 1930 g/mol. The lowest BCUT2D eigenvalue weighted by Gasteiger charge is -2.64. The molecule has 3 aromatic heterocycles. The summed E-state index contributed by atoms with van der Waals surface area (Å²) in [6.07, 6.45) is 6.22. The SMILES string of the molecule is C=C.CC[C@]1(O)CCCN(CCc2c([C@@H](COC=O)c3cc4c(cc3OC)N(C)[C@H]3[C@@](O)(C(=O)NNC(=O)OCCSSCCCC(=O)[C@H](C)NC(=O)[C@H](C)CC(=O)[C@@H](CCCN=C(N)N)NC(=O)[C@H](C)CC(=O)CCCNC(=O)c5ccc(NCc6cnc7nc(N)[nH]c(=O)c7n6)cc5)[C@H](O)[C@]5(CC)CCCN6CC[C@]43[C@@H]65)[nH]c3ccccc23)C1.O=C=O.O=C=O.O=C=O.O=C=O.O=C=O.[2HH]. The van der Waals surface area contributed by atoms with Crippen molar-refractivity contribution in [3.05, 3.63) is 124 Å². The number of hydrogen-bond donors (Lipinski definition) is 14. The molecule has 17 N–H and O–H groups in total. The smallest absolute Gasteiger partial charge is 0.426 e. The zero-order chi connectivity index (χ0) is 101. The van der Waals surface area contributed by atoms with Crippen molar-refractivity contribution in [2.24, 2.45) is 33.7 Å². The molecule has 738 valence electrons. The van der Waals surface area contributed by atoms with Gasteiger partial charge in [0.05, 0.1) is 55.2 Å². The van der Waals surface area contributed by atoms with Gasteiger partial charge in [-0.05, 0) is 151 Å². The number of guanidine groups is 1. The summed E-state index contributed by atoms with van der Waals surface area (Å²) in [5.41, 5.74) is 22.5. The number of aliphatic hydroxyl groups is 3. The van der Waals surface area contributed by atoms with Gasteiger partial charge >= 0.3 is 36.9 Å². The fraction of sp³-hybridized carbons (Fsp3) is 0.522. The standard InChI is InChI=1S/C83H114N18O16S2.C2H4.5CO2.H2/c1-8-80(113)27-15-32-100(46-80)34-26-56-55-18-10-11-19-60(55)93-66(56)58(45-116-47-102)57-41-59-62(42-65(57)115-7)99(6)74-82(59)29-35-101-33-16-28-81(9-2,73(82)101)75(110)83(74,114)76(111)97-98-79(112)117-36-38-119-118-37-14-21-63(104)50(5)91-69(106)49(4)40-64(105)61(20-13-31-88-77(84)85)94-70(107)48(3)39-54(103)17-12-30-87-71(108)51-22-24-52(25-23-51)89-43-53-44-90-68-67(92-53)72(109)96-78(86)95-68;1-2;5*2-1-3;/h10-11,18-19,22-25,41-42,44,47-50,58,61,73-75,89,93,110,113-114H,8-9,12-17,20-21,26-40,43,45-46H2,1-7H3,(H,87,108)(H,91,106)(H,94,107)(H,97,111)(H,98,112)(H4,84,85,88)(H3,86,90,95,96,109);1-2H2;;;;;;1H/t48-,49-,50+,58+,61-,73+,74-,75-,80+,81-,82-,83+;;;;;;;/m1......./s1/i;;;;;;;1+1. The van der Waals surface area contributed by atoms with Crippen LogP contribution in [-0.2, 0) is 109 Å². The highest BCUT2D eigenvalue weighted by molar-refractivity contribution is 8.76. The molecule has 11 rings (SSSR count). The number of hydrazine groups is 1. The highest BCUT2D eigenvalue weighted by Gasteiger charge is 2.79. The number of anilines is 3. The second kappa shape index (κ2) is 56.1. The van der Waals surface area contributed by atoms with Crippen LogP contribution in [0.2, 0.25) is 0 Å². The second-order valence-electron chi connectivity index (χ2n) is 32.6. The predicted octanol–water partition coefficient (Wildman–Crippen LogP) is 2.97. The van der Waals surface area contributed by atoms with E-state index in [9.17, 15) is 58.5 Å². The number of nitrogen functional groups attached to an aromatic ring is 1. The molecule has 44 nitrogen and oxygen atoms in total. The predicted molar refractivity (Wildman–Crippen MR) is 491 cm³/mol. The molecular formula is C90H120N18O26S2. The zero-order valence-electron chi connectivity index (χ0n) is 76.7. The number of likely N-dealkylation sites (tertiary alicyclic amines) is 1. The molecule has 0 bridgehead atoms. The number of para-hydroxylation sites is 1. The number of piperidine rings is 2. The number of H-pyrrole nitrogens is 2. The van der Waals surface area contributed by atoms with Crippen molar-refractivity contribution in [2.75, 3.05) is 101 Å². The van der Waals surface area contributed by atoms with Gasteiger partial charge in [-0.3, -0.25) is 63.5 Å². The maximum atomic E-state index is 15.1. The Kier molecular flexibility index (Phi) is 46.7. The van der Waals surface area contributed by atoms with Gasteiger partial charge in [-0.1, -0.05) is 67.5 Å². The van der Waals surface area contributed by atoms with Crippen molar-refractivity contribution in [2.45, 2.75) is 197 Å². The maximum absolute atomic E-state index is 15.1. The number of aliphatic hydroxyl groups excluding tert-OH is 1. The number of nitrogens with two attached hydrogens (primary N) is 3. The summed E-state index contributed by atoms with van der Waals surface area (Å²) in [7, 11) is 6.22. The lowest BCUT2D eigenvalue weighted by molar-refractivity contribution is -0.222. The molecule has 0 unspecified atom stereocenters. The van der Waals surface area contributed by atoms with Gasteiger partial charge in [-0.2, -0.15) is 52.9 Å². The topological polar surface area (TPSA) is 672 Å². The van der Waals surface area contributed by atoms with Crippen molar-refractivity contribution in [3.8, 4) is 5.75 Å². The summed E-state index contributed by atoms with van der Waals surface area (Å²) in [5, 5.41) is 50.3. The number of β-amino-alcohol motifs (C(OH)–C–C–N with tert-alkyl or cyclic N) is 1. The van der Waals surface area contributed by atoms with Crippen LogP contribution in [0.3, 0.4) is 0 Å². The first-order valence-electron chi connectivity index (χ1n) is 43.6. The van der Waals surface area contributed by atoms with Crippen LogP contribution in [0.4, 0.5) is 22.1 Å². The van der Waals surface area contributed by atoms with E-state index in [0.29, 0.717) is 124 Å². The Morgan fingerprint density at radius 3 is 2.09 bits per heavy atom. The van der Waals surface area contributed by atoms with E-state index < -0.39 is 99.2 Å². The fourth-order valence-electron chi connectivity index (χ4n) is 18.5. The average Bonchev–Trinajstić information content (AvgIpc) is 1.50. The molecule has 0 radical (unpaired) electrons. The largest absolute Gasteiger partial charge is 0.496 e. The number of likely N-dealkylation sites (N-methyl/N-ethyl adjacent to an activating group) is 1. The molecule has 3 saturated heterocycles. The first-order chi connectivity index (χ1) is 65.1. The molecule has 1 saturated carbocycles. The minimum absolute atomic E-state index is 0. The second-order valence-corrected chi connectivity index (χ2v) is 35.3. The van der Waals surface area contributed by atoms with E-state index in [2.05, 4.69) is 97.1 Å². The van der Waals surface area contributed by atoms with Crippen LogP contribution in [0, 0.1) is 17.3 Å². The number of carbonyl (C=O) groups excluding carboxylic acids is 19. The maximum Gasteiger partial charge on any atom is 0.426 e. The summed E-state index contributed by atoms with van der Waals surface area (Å²) in [6, 6.07) is 15.4. The molecule has 4 fully saturated rings. The van der Waals surface area contributed by atoms with Crippen LogP contribution >= 0.6 is 21.6 Å². The Hall–Kier alpha value is -13.3. The minimum Gasteiger partial charge on any atom is -0.496 e. The molecule has 4 aliphatic heterocycles. The zero-order valence-corrected chi connectivity index (χ0v) is 78.3. The summed E-state index contributed by atoms with van der Waals surface area (Å²) >= 11 is 0. The number of aromatic amines is 2. The Morgan fingerprint density at radius 2 is 1.43 bits per heavy atom. The number of ether oxygens (including phenoxy) is 3. The number of rotatable bonds is 42. The summed E-state index contributed by atoms with van der Waals surface area (Å²) in [4.78, 5) is 244. The normalized spacial score (nSPS) is 20.0. The highest BCUT2D eigenvalue weighted by atomic mass is 33.1. The molecule has 136 heavy (non-hydrogen) atoms. The van der Waals surface area contributed by atoms with Gasteiger partial charge in [0.1, 0.15) is 30.9 Å². The quantitative estimate of drug-likeness (QED) is 0.00498. The van der Waals surface area contributed by atoms with Crippen molar-refractivity contribution < 1.29 is 122 Å². The van der Waals surface area contributed by atoms with E-state index in [0.717, 1.165) is 59.2 Å². The van der Waals surface area contributed by atoms with Crippen LogP contribution < -0.4 is 64.5 Å². The van der Waals surface area contributed by atoms with E-state index in [-0.39, 0.29) is 144 Å². The number of amides is 5. The third-order valence-corrected chi connectivity index (χ3v) is 27.0. The average molecular weight is 1940 g/mol. The molecule has 5 amide bonds. The molecule has 6 aromatic rings. The van der Waals surface area contributed by atoms with Crippen molar-refractivity contribution in [1.82, 2.24) is 61.5 Å². The lowest BCUT2D eigenvalue weighted by Crippen LogP contribution is -2.82. The van der Waals surface area contributed by atoms with Crippen LogP contribution in [0.25, 0.3) is 22.1 Å². The number of methoxy groups -OCH3 is 1. The molecule has 1 spiro atoms. The number of Topliss-reactive ketones (excluding diaryl/α,β-unsaturated/α-hetero) is 3. The molecule has 5 aliphatic rings. The molecule has 3 aromatic carbocycles. The number of fused-ring (bicyclic) bond motifs is 3. The van der Waals surface area contributed by atoms with E-state index in [1.165, 1.54) is 27.8 Å². The first kappa shape index (κ1) is 113. The third kappa shape index (κ3) is 29.6. The van der Waals surface area contributed by atoms with Crippen LogP contribution in [0.1, 0.15) is 177 Å². The number of hydrogen-bond acceptors (Lipinski definition) is 37. The number of carbonyl (C=O) groups is 9. The van der Waals surface area contributed by atoms with Gasteiger partial charge in [0, 0.05) is 146 Å². The molecule has 1 aliphatic carbocycles. The third-order valence-electron chi connectivity index (χ3n) is 24.5. The minimum atomic E-state index is -2.51. The molecule has 12 atom stereocenters. The van der Waals surface area contributed by atoms with Gasteiger partial charge in [0.15, 0.2) is 34.3 Å². The van der Waals surface area contributed by atoms with Crippen molar-refractivity contribution in [3.63, 3.8) is 0 Å². The Labute approximate surface area is 791 Å². The van der Waals surface area contributed by atoms with E-state index >= 15 is 4.79 Å². The summed E-state index contributed by atoms with van der Waals surface area (Å²) in [5.74, 6) is -4.54. The van der Waals surface area contributed by atoms with Crippen LogP contribution in [0.5, 0.6) is 5.75 Å². The number of aromatic nitrogens is 5. The molecule has 46 heteroatoms. The van der Waals surface area contributed by atoms with Gasteiger partial charge in [0.2, 0.25) is 17.8 Å². The first-order valence-corrected chi connectivity index (χ1v) is 46.1. The number of aliphatic imine (C=N–C) groups is 1. The number of nitrogens with one attached hydrogen (secondary N) is 8. The Balaban J connectivity index is 0.00000203. The van der Waals surface area contributed by atoms with Gasteiger partial charge in [0.25, 0.3) is 23.8 Å². The summed E-state index contributed by atoms with van der Waals surface area (Å²) in [6.45, 7) is 19.1. The Bertz CT molecular complexity index is 5280.